The molecule has 2 atom stereocenters. The summed E-state index contributed by atoms with van der Waals surface area (Å²) >= 11 is 14.4. The summed E-state index contributed by atoms with van der Waals surface area (Å²) in [5, 5.41) is 3.68. The minimum absolute atomic E-state index is 0.0944. The third-order valence-corrected chi connectivity index (χ3v) is 6.68. The van der Waals surface area contributed by atoms with Gasteiger partial charge in [-0.05, 0) is 49.2 Å². The molecule has 1 N–H and O–H groups in total. The molecule has 1 aliphatic heterocycles. The van der Waals surface area contributed by atoms with Gasteiger partial charge in [0.15, 0.2) is 0 Å². The summed E-state index contributed by atoms with van der Waals surface area (Å²) in [6.07, 6.45) is 0. The molecule has 0 radical (unpaired) electrons. The molecule has 0 spiro atoms. The van der Waals surface area contributed by atoms with Crippen molar-refractivity contribution in [1.29, 1.82) is 0 Å². The lowest BCUT2D eigenvalue weighted by atomic mass is 9.84. The zero-order chi connectivity index (χ0) is 15.4. The smallest absolute Gasteiger partial charge is 0.0649 e. The number of hydrogen-bond acceptors (Lipinski definition) is 1. The maximum Gasteiger partial charge on any atom is 0.0649 e. The quantitative estimate of drug-likeness (QED) is 0.435. The lowest BCUT2D eigenvalue weighted by Gasteiger charge is -2.19. The second kappa shape index (κ2) is 5.45. The normalized spacial score (nSPS) is 27.7. The summed E-state index contributed by atoms with van der Waals surface area (Å²) in [5.74, 6) is 0. The Morgan fingerprint density at radius 2 is 1.10 bits per heavy atom. The van der Waals surface area contributed by atoms with Gasteiger partial charge in [-0.15, -0.1) is 0 Å². The van der Waals surface area contributed by atoms with Crippen LogP contribution in [-0.4, -0.2) is 0 Å². The molecule has 2 aromatic rings. The third kappa shape index (κ3) is 2.59. The molecule has 1 nitrogen and oxygen atoms in total. The number of hydrogen-bond donors (Lipinski definition) is 1. The van der Waals surface area contributed by atoms with E-state index in [-0.39, 0.29) is 11.1 Å². The highest BCUT2D eigenvalue weighted by Gasteiger charge is 2.63. The van der Waals surface area contributed by atoms with E-state index in [1.54, 1.807) is 0 Å². The predicted octanol–water partition coefficient (Wildman–Crippen LogP) is 6.47. The van der Waals surface area contributed by atoms with Crippen molar-refractivity contribution >= 4 is 63.7 Å². The van der Waals surface area contributed by atoms with Crippen molar-refractivity contribution in [1.82, 2.24) is 5.32 Å². The molecule has 0 aliphatic carbocycles. The zero-order valence-corrected chi connectivity index (χ0v) is 17.8. The van der Waals surface area contributed by atoms with Crippen LogP contribution < -0.4 is 5.32 Å². The van der Waals surface area contributed by atoms with Gasteiger partial charge >= 0.3 is 0 Å². The summed E-state index contributed by atoms with van der Waals surface area (Å²) in [7, 11) is 0. The largest absolute Gasteiger partial charge is 0.294 e. The number of rotatable bonds is 2. The van der Waals surface area contributed by atoms with E-state index in [2.05, 4.69) is 119 Å². The van der Waals surface area contributed by atoms with Gasteiger partial charge in [0.1, 0.15) is 0 Å². The van der Waals surface area contributed by atoms with Crippen molar-refractivity contribution in [2.24, 2.45) is 0 Å². The van der Waals surface area contributed by atoms with Gasteiger partial charge in [-0.2, -0.15) is 0 Å². The second-order valence-corrected chi connectivity index (χ2v) is 9.16. The van der Waals surface area contributed by atoms with Gasteiger partial charge in [0.05, 0.1) is 11.1 Å². The van der Waals surface area contributed by atoms with Crippen LogP contribution in [0, 0.1) is 0 Å². The summed E-state index contributed by atoms with van der Waals surface area (Å²) in [6, 6.07) is 12.7. The molecular weight excluding hydrogens is 526 g/mol. The van der Waals surface area contributed by atoms with Gasteiger partial charge in [-0.25, -0.2) is 0 Å². The fourth-order valence-corrected chi connectivity index (χ4v) is 5.82. The van der Waals surface area contributed by atoms with Crippen molar-refractivity contribution < 1.29 is 0 Å². The fourth-order valence-electron chi connectivity index (χ4n) is 2.93. The Morgan fingerprint density at radius 3 is 1.43 bits per heavy atom. The predicted molar refractivity (Wildman–Crippen MR) is 102 cm³/mol. The first kappa shape index (κ1) is 16.2. The highest BCUT2D eigenvalue weighted by atomic mass is 79.9. The Labute approximate surface area is 158 Å². The van der Waals surface area contributed by atoms with Gasteiger partial charge in [-0.3, -0.25) is 5.32 Å². The van der Waals surface area contributed by atoms with E-state index in [4.69, 9.17) is 0 Å². The van der Waals surface area contributed by atoms with Gasteiger partial charge in [-0.1, -0.05) is 75.9 Å². The van der Waals surface area contributed by atoms with E-state index in [1.165, 1.54) is 11.1 Å². The first-order valence-electron chi connectivity index (χ1n) is 6.48. The molecule has 5 heteroatoms. The van der Waals surface area contributed by atoms with Crippen LogP contribution in [0.5, 0.6) is 0 Å². The molecule has 3 rings (SSSR count). The topological polar surface area (TPSA) is 21.9 Å². The standard InChI is InChI=1S/C16H13Br4N/c1-15(11-5-3-9(17)7-13(11)19)16(2,21-15)12-6-4-10(18)8-14(12)20/h3-8,21H,1-2H3. The molecule has 2 aromatic carbocycles. The minimum Gasteiger partial charge on any atom is -0.294 e. The molecular formula is C16H13Br4N. The zero-order valence-electron chi connectivity index (χ0n) is 11.5. The maximum atomic E-state index is 3.69. The molecule has 1 fully saturated rings. The van der Waals surface area contributed by atoms with Gasteiger partial charge < -0.3 is 0 Å². The van der Waals surface area contributed by atoms with Crippen LogP contribution in [-0.2, 0) is 11.1 Å². The Balaban J connectivity index is 2.06. The van der Waals surface area contributed by atoms with Crippen LogP contribution in [0.1, 0.15) is 25.0 Å². The molecule has 1 aliphatic rings. The van der Waals surface area contributed by atoms with Crippen LogP contribution in [0.2, 0.25) is 0 Å². The highest BCUT2D eigenvalue weighted by molar-refractivity contribution is 9.11. The van der Waals surface area contributed by atoms with E-state index < -0.39 is 0 Å². The number of halogens is 4. The monoisotopic (exact) mass is 535 g/mol. The Hall–Kier alpha value is 0.320. The molecule has 21 heavy (non-hydrogen) atoms. The molecule has 0 saturated carbocycles. The van der Waals surface area contributed by atoms with E-state index in [9.17, 15) is 0 Å². The van der Waals surface area contributed by atoms with Crippen LogP contribution in [0.4, 0.5) is 0 Å². The van der Waals surface area contributed by atoms with Crippen LogP contribution >= 0.6 is 63.7 Å². The molecule has 0 amide bonds. The third-order valence-electron chi connectivity index (χ3n) is 4.38. The highest BCUT2D eigenvalue weighted by Crippen LogP contribution is 2.57. The summed E-state index contributed by atoms with van der Waals surface area (Å²) in [4.78, 5) is 0. The SMILES string of the molecule is CC1(c2ccc(Br)cc2Br)NC1(C)c1ccc(Br)cc1Br. The fraction of sp³-hybridized carbons (Fsp3) is 0.250. The maximum absolute atomic E-state index is 3.69. The molecule has 1 heterocycles. The second-order valence-electron chi connectivity index (χ2n) is 5.62. The molecule has 110 valence electrons. The van der Waals surface area contributed by atoms with Crippen LogP contribution in [0.3, 0.4) is 0 Å². The van der Waals surface area contributed by atoms with Crippen molar-refractivity contribution in [2.75, 3.05) is 0 Å². The summed E-state index contributed by atoms with van der Waals surface area (Å²) in [6.45, 7) is 4.49. The Morgan fingerprint density at radius 1 is 0.714 bits per heavy atom. The van der Waals surface area contributed by atoms with Gasteiger partial charge in [0.2, 0.25) is 0 Å². The molecule has 1 saturated heterocycles. The van der Waals surface area contributed by atoms with E-state index >= 15 is 0 Å². The van der Waals surface area contributed by atoms with E-state index in [0.717, 1.165) is 17.9 Å². The first-order chi connectivity index (χ1) is 9.78. The van der Waals surface area contributed by atoms with Crippen LogP contribution in [0.25, 0.3) is 0 Å². The Bertz CT molecular complexity index is 669. The van der Waals surface area contributed by atoms with Gasteiger partial charge in [0, 0.05) is 17.9 Å². The lowest BCUT2D eigenvalue weighted by Crippen LogP contribution is -2.17. The average Bonchev–Trinajstić information content (AvgIpc) is 2.92. The van der Waals surface area contributed by atoms with Gasteiger partial charge in [0.25, 0.3) is 0 Å². The summed E-state index contributed by atoms with van der Waals surface area (Å²) in [5.41, 5.74) is 2.34. The van der Waals surface area contributed by atoms with Crippen molar-refractivity contribution in [3.05, 3.63) is 65.4 Å². The molecule has 2 unspecified atom stereocenters. The average molecular weight is 539 g/mol. The molecule has 0 aromatic heterocycles. The number of nitrogens with one attached hydrogen (secondary N) is 1. The van der Waals surface area contributed by atoms with Crippen molar-refractivity contribution in [2.45, 2.75) is 24.9 Å². The number of benzene rings is 2. The van der Waals surface area contributed by atoms with E-state index in [1.807, 2.05) is 0 Å². The summed E-state index contributed by atoms with van der Waals surface area (Å²) < 4.78 is 4.38. The van der Waals surface area contributed by atoms with Crippen molar-refractivity contribution in [3.8, 4) is 0 Å². The molecule has 0 bridgehead atoms. The first-order valence-corrected chi connectivity index (χ1v) is 9.65. The minimum atomic E-state index is -0.0944. The Kier molecular flexibility index (Phi) is 4.20. The lowest BCUT2D eigenvalue weighted by molar-refractivity contribution is 0.615. The van der Waals surface area contributed by atoms with Crippen LogP contribution in [0.15, 0.2) is 54.3 Å². The van der Waals surface area contributed by atoms with E-state index in [0.29, 0.717) is 0 Å². The van der Waals surface area contributed by atoms with Crippen molar-refractivity contribution in [3.63, 3.8) is 0 Å².